The summed E-state index contributed by atoms with van der Waals surface area (Å²) < 4.78 is 8.18. The molecule has 0 saturated heterocycles. The first-order chi connectivity index (χ1) is 8.45. The maximum Gasteiger partial charge on any atom is 0.134 e. The summed E-state index contributed by atoms with van der Waals surface area (Å²) >= 11 is 6.99. The molecule has 2 unspecified atom stereocenters. The van der Waals surface area contributed by atoms with Gasteiger partial charge in [0.1, 0.15) is 11.9 Å². The normalized spacial score (nSPS) is 25.6. The molecule has 18 heavy (non-hydrogen) atoms. The van der Waals surface area contributed by atoms with E-state index in [0.717, 1.165) is 27.7 Å². The maximum atomic E-state index is 6.12. The quantitative estimate of drug-likeness (QED) is 0.842. The molecule has 0 heterocycles. The third-order valence-electron chi connectivity index (χ3n) is 3.79. The molecule has 1 aromatic carbocycles. The molecule has 2 atom stereocenters. The molecule has 0 amide bonds. The van der Waals surface area contributed by atoms with Gasteiger partial charge in [-0.05, 0) is 40.7 Å². The fourth-order valence-corrected chi connectivity index (χ4v) is 3.54. The first kappa shape index (κ1) is 14.4. The van der Waals surface area contributed by atoms with Crippen LogP contribution < -0.4 is 10.1 Å². The van der Waals surface area contributed by atoms with Crippen LogP contribution in [0.4, 0.5) is 0 Å². The molecule has 0 radical (unpaired) electrons. The Morgan fingerprint density at radius 2 is 2.11 bits per heavy atom. The van der Waals surface area contributed by atoms with E-state index in [-0.39, 0.29) is 11.5 Å². The third-order valence-corrected chi connectivity index (χ3v) is 4.90. The lowest BCUT2D eigenvalue weighted by Gasteiger charge is -2.51. The Morgan fingerprint density at radius 1 is 1.39 bits per heavy atom. The second kappa shape index (κ2) is 5.51. The van der Waals surface area contributed by atoms with Crippen LogP contribution in [0.2, 0.25) is 0 Å². The van der Waals surface area contributed by atoms with Gasteiger partial charge in [0.25, 0.3) is 0 Å². The Morgan fingerprint density at radius 3 is 2.67 bits per heavy atom. The van der Waals surface area contributed by atoms with Gasteiger partial charge in [-0.15, -0.1) is 0 Å². The molecule has 1 saturated carbocycles. The van der Waals surface area contributed by atoms with Gasteiger partial charge in [-0.25, -0.2) is 0 Å². The lowest BCUT2D eigenvalue weighted by Crippen LogP contribution is -2.62. The molecule has 1 aromatic rings. The summed E-state index contributed by atoms with van der Waals surface area (Å²) in [4.78, 5) is 0. The topological polar surface area (TPSA) is 21.3 Å². The van der Waals surface area contributed by atoms with Gasteiger partial charge >= 0.3 is 0 Å². The SMILES string of the molecule is CCNC1CC(Oc2ccc(Br)cc2Br)C1(C)C. The summed E-state index contributed by atoms with van der Waals surface area (Å²) in [5.74, 6) is 0.922. The summed E-state index contributed by atoms with van der Waals surface area (Å²) in [5, 5.41) is 3.51. The molecular weight excluding hydrogens is 358 g/mol. The molecule has 4 heteroatoms. The van der Waals surface area contributed by atoms with Crippen molar-refractivity contribution in [3.63, 3.8) is 0 Å². The van der Waals surface area contributed by atoms with Crippen LogP contribution in [-0.4, -0.2) is 18.7 Å². The van der Waals surface area contributed by atoms with Crippen LogP contribution in [0.15, 0.2) is 27.1 Å². The predicted molar refractivity (Wildman–Crippen MR) is 82.1 cm³/mol. The van der Waals surface area contributed by atoms with Gasteiger partial charge in [-0.2, -0.15) is 0 Å². The average Bonchev–Trinajstić information content (AvgIpc) is 2.30. The molecule has 0 bridgehead atoms. The first-order valence-electron chi connectivity index (χ1n) is 6.30. The number of ether oxygens (including phenoxy) is 1. The molecule has 2 rings (SSSR count). The number of halogens is 2. The molecule has 2 nitrogen and oxygen atoms in total. The Balaban J connectivity index is 2.03. The van der Waals surface area contributed by atoms with E-state index in [0.29, 0.717) is 6.04 Å². The zero-order chi connectivity index (χ0) is 13.3. The van der Waals surface area contributed by atoms with Gasteiger partial charge in [-0.3, -0.25) is 0 Å². The standard InChI is InChI=1S/C14H19Br2NO/c1-4-17-12-8-13(14(12,2)3)18-11-6-5-9(15)7-10(11)16/h5-7,12-13,17H,4,8H2,1-3H3. The highest BCUT2D eigenvalue weighted by Gasteiger charge is 2.49. The van der Waals surface area contributed by atoms with Gasteiger partial charge in [0.15, 0.2) is 0 Å². The maximum absolute atomic E-state index is 6.12. The zero-order valence-electron chi connectivity index (χ0n) is 11.0. The number of hydrogen-bond donors (Lipinski definition) is 1. The van der Waals surface area contributed by atoms with E-state index >= 15 is 0 Å². The zero-order valence-corrected chi connectivity index (χ0v) is 14.1. The van der Waals surface area contributed by atoms with Crippen molar-refractivity contribution >= 4 is 31.9 Å². The lowest BCUT2D eigenvalue weighted by molar-refractivity contribution is -0.0545. The minimum atomic E-state index is 0.183. The third kappa shape index (κ3) is 2.75. The highest BCUT2D eigenvalue weighted by Crippen LogP contribution is 2.44. The second-order valence-corrected chi connectivity index (χ2v) is 7.12. The Hall–Kier alpha value is -0.0600. The molecule has 0 aromatic heterocycles. The van der Waals surface area contributed by atoms with Crippen molar-refractivity contribution in [2.75, 3.05) is 6.54 Å². The van der Waals surface area contributed by atoms with Crippen molar-refractivity contribution in [1.82, 2.24) is 5.32 Å². The van der Waals surface area contributed by atoms with Crippen molar-refractivity contribution in [3.8, 4) is 5.75 Å². The second-order valence-electron chi connectivity index (χ2n) is 5.35. The summed E-state index contributed by atoms with van der Waals surface area (Å²) in [5.41, 5.74) is 0.183. The molecule has 1 fully saturated rings. The van der Waals surface area contributed by atoms with Gasteiger partial charge in [0.05, 0.1) is 4.47 Å². The molecule has 1 aliphatic carbocycles. The lowest BCUT2D eigenvalue weighted by atomic mass is 9.64. The van der Waals surface area contributed by atoms with Crippen molar-refractivity contribution in [2.24, 2.45) is 5.41 Å². The van der Waals surface area contributed by atoms with E-state index in [1.807, 2.05) is 18.2 Å². The van der Waals surface area contributed by atoms with Crippen LogP contribution in [0.25, 0.3) is 0 Å². The van der Waals surface area contributed by atoms with Crippen LogP contribution in [0.1, 0.15) is 27.2 Å². The molecule has 0 aliphatic heterocycles. The van der Waals surface area contributed by atoms with Crippen molar-refractivity contribution < 1.29 is 4.74 Å². The van der Waals surface area contributed by atoms with Crippen molar-refractivity contribution in [3.05, 3.63) is 27.1 Å². The first-order valence-corrected chi connectivity index (χ1v) is 7.89. The smallest absolute Gasteiger partial charge is 0.134 e. The van der Waals surface area contributed by atoms with E-state index < -0.39 is 0 Å². The van der Waals surface area contributed by atoms with E-state index in [1.54, 1.807) is 0 Å². The van der Waals surface area contributed by atoms with Gasteiger partial charge in [0, 0.05) is 22.4 Å². The van der Waals surface area contributed by atoms with E-state index in [1.165, 1.54) is 0 Å². The van der Waals surface area contributed by atoms with Crippen LogP contribution in [0, 0.1) is 5.41 Å². The Bertz CT molecular complexity index is 434. The van der Waals surface area contributed by atoms with Gasteiger partial charge < -0.3 is 10.1 Å². The summed E-state index contributed by atoms with van der Waals surface area (Å²) in [6.07, 6.45) is 1.35. The van der Waals surface area contributed by atoms with Crippen LogP contribution in [0.3, 0.4) is 0 Å². The van der Waals surface area contributed by atoms with E-state index in [2.05, 4.69) is 57.9 Å². The average molecular weight is 377 g/mol. The molecular formula is C14H19Br2NO. The predicted octanol–water partition coefficient (Wildman–Crippen LogP) is 4.37. The van der Waals surface area contributed by atoms with Crippen LogP contribution in [-0.2, 0) is 0 Å². The summed E-state index contributed by atoms with van der Waals surface area (Å²) in [7, 11) is 0. The number of benzene rings is 1. The molecule has 1 aliphatic rings. The van der Waals surface area contributed by atoms with Gasteiger partial charge in [0.2, 0.25) is 0 Å². The van der Waals surface area contributed by atoms with Crippen LogP contribution >= 0.6 is 31.9 Å². The highest BCUT2D eigenvalue weighted by atomic mass is 79.9. The Labute approximate surface area is 126 Å². The van der Waals surface area contributed by atoms with Crippen molar-refractivity contribution in [1.29, 1.82) is 0 Å². The molecule has 0 spiro atoms. The van der Waals surface area contributed by atoms with Crippen molar-refractivity contribution in [2.45, 2.75) is 39.3 Å². The van der Waals surface area contributed by atoms with Gasteiger partial charge in [-0.1, -0.05) is 36.7 Å². The highest BCUT2D eigenvalue weighted by molar-refractivity contribution is 9.11. The fraction of sp³-hybridized carbons (Fsp3) is 0.571. The minimum Gasteiger partial charge on any atom is -0.489 e. The largest absolute Gasteiger partial charge is 0.489 e. The summed E-state index contributed by atoms with van der Waals surface area (Å²) in [6.45, 7) is 7.70. The monoisotopic (exact) mass is 375 g/mol. The number of rotatable bonds is 4. The van der Waals surface area contributed by atoms with E-state index in [4.69, 9.17) is 4.74 Å². The summed E-state index contributed by atoms with van der Waals surface area (Å²) in [6, 6.07) is 6.59. The van der Waals surface area contributed by atoms with Crippen LogP contribution in [0.5, 0.6) is 5.75 Å². The molecule has 100 valence electrons. The van der Waals surface area contributed by atoms with E-state index in [9.17, 15) is 0 Å². The molecule has 1 N–H and O–H groups in total. The Kier molecular flexibility index (Phi) is 4.40. The number of nitrogens with one attached hydrogen (secondary N) is 1. The fourth-order valence-electron chi connectivity index (χ4n) is 2.40. The number of hydrogen-bond acceptors (Lipinski definition) is 2. The minimum absolute atomic E-state index is 0.183.